The zero-order valence-corrected chi connectivity index (χ0v) is 13.2. The van der Waals surface area contributed by atoms with E-state index in [1.807, 2.05) is 6.92 Å². The molecule has 2 aliphatic carbocycles. The molecule has 0 aromatic carbocycles. The molecule has 116 valence electrons. The fraction of sp³-hybridized carbons (Fsp3) is 0.938. The van der Waals surface area contributed by atoms with Gasteiger partial charge in [-0.3, -0.25) is 4.79 Å². The smallest absolute Gasteiger partial charge is 0.237 e. The van der Waals surface area contributed by atoms with Crippen LogP contribution in [0.15, 0.2) is 0 Å². The second-order valence-corrected chi connectivity index (χ2v) is 6.91. The summed E-state index contributed by atoms with van der Waals surface area (Å²) in [4.78, 5) is 14.2. The fourth-order valence-electron chi connectivity index (χ4n) is 3.02. The Bertz CT molecular complexity index is 326. The van der Waals surface area contributed by atoms with Gasteiger partial charge in [0.05, 0.1) is 5.54 Å². The minimum Gasteiger partial charge on any atom is -0.368 e. The summed E-state index contributed by atoms with van der Waals surface area (Å²) in [5, 5.41) is 3.43. The molecule has 2 aliphatic rings. The molecule has 0 radical (unpaired) electrons. The van der Waals surface area contributed by atoms with Crippen LogP contribution >= 0.6 is 0 Å². The number of hydrogen-bond acceptors (Lipinski definition) is 3. The summed E-state index contributed by atoms with van der Waals surface area (Å²) in [6, 6.07) is 0.518. The number of nitrogens with two attached hydrogens (primary N) is 1. The Morgan fingerprint density at radius 2 is 2.05 bits per heavy atom. The second kappa shape index (κ2) is 6.90. The van der Waals surface area contributed by atoms with E-state index in [1.165, 1.54) is 38.6 Å². The molecule has 4 heteroatoms. The van der Waals surface area contributed by atoms with Crippen LogP contribution in [0.1, 0.15) is 58.8 Å². The molecule has 1 amide bonds. The van der Waals surface area contributed by atoms with Gasteiger partial charge >= 0.3 is 0 Å². The molecule has 20 heavy (non-hydrogen) atoms. The van der Waals surface area contributed by atoms with E-state index >= 15 is 0 Å². The number of primary amides is 1. The molecule has 2 saturated carbocycles. The van der Waals surface area contributed by atoms with Crippen LogP contribution in [0.25, 0.3) is 0 Å². The van der Waals surface area contributed by atoms with Crippen molar-refractivity contribution < 1.29 is 4.79 Å². The summed E-state index contributed by atoms with van der Waals surface area (Å²) in [5.41, 5.74) is 5.08. The van der Waals surface area contributed by atoms with Crippen LogP contribution in [0.3, 0.4) is 0 Å². The summed E-state index contributed by atoms with van der Waals surface area (Å²) in [6.45, 7) is 7.63. The van der Waals surface area contributed by atoms with Gasteiger partial charge in [0, 0.05) is 12.6 Å². The third-order valence-corrected chi connectivity index (χ3v) is 4.98. The van der Waals surface area contributed by atoms with E-state index in [2.05, 4.69) is 17.1 Å². The predicted octanol–water partition coefficient (Wildman–Crippen LogP) is 1.88. The van der Waals surface area contributed by atoms with Crippen LogP contribution in [0.4, 0.5) is 0 Å². The monoisotopic (exact) mass is 281 g/mol. The Balaban J connectivity index is 1.71. The van der Waals surface area contributed by atoms with Gasteiger partial charge in [-0.2, -0.15) is 0 Å². The van der Waals surface area contributed by atoms with Crippen LogP contribution in [0.2, 0.25) is 0 Å². The largest absolute Gasteiger partial charge is 0.368 e. The number of rotatable bonds is 10. The van der Waals surface area contributed by atoms with Crippen LogP contribution in [0.5, 0.6) is 0 Å². The maximum absolute atomic E-state index is 11.7. The van der Waals surface area contributed by atoms with Gasteiger partial charge in [-0.25, -0.2) is 0 Å². The van der Waals surface area contributed by atoms with Gasteiger partial charge in [-0.05, 0) is 64.5 Å². The van der Waals surface area contributed by atoms with E-state index in [1.54, 1.807) is 0 Å². The highest BCUT2D eigenvalue weighted by Gasteiger charge is 2.36. The van der Waals surface area contributed by atoms with Crippen LogP contribution < -0.4 is 11.1 Å². The van der Waals surface area contributed by atoms with Crippen molar-refractivity contribution in [3.8, 4) is 0 Å². The van der Waals surface area contributed by atoms with Crippen molar-refractivity contribution in [1.82, 2.24) is 10.2 Å². The zero-order valence-electron chi connectivity index (χ0n) is 13.2. The minimum atomic E-state index is -0.517. The summed E-state index contributed by atoms with van der Waals surface area (Å²) in [5.74, 6) is 0.716. The fourth-order valence-corrected chi connectivity index (χ4v) is 3.02. The molecule has 0 aromatic rings. The molecule has 0 aliphatic heterocycles. The lowest BCUT2D eigenvalue weighted by Crippen LogP contribution is -2.54. The van der Waals surface area contributed by atoms with Gasteiger partial charge in [0.15, 0.2) is 0 Å². The van der Waals surface area contributed by atoms with E-state index < -0.39 is 5.54 Å². The topological polar surface area (TPSA) is 58.4 Å². The maximum Gasteiger partial charge on any atom is 0.237 e. The summed E-state index contributed by atoms with van der Waals surface area (Å²) < 4.78 is 0. The molecule has 0 saturated heterocycles. The lowest BCUT2D eigenvalue weighted by molar-refractivity contribution is -0.124. The highest BCUT2D eigenvalue weighted by Crippen LogP contribution is 2.28. The van der Waals surface area contributed by atoms with Crippen LogP contribution in [-0.2, 0) is 4.79 Å². The van der Waals surface area contributed by atoms with Gasteiger partial charge in [0.1, 0.15) is 0 Å². The van der Waals surface area contributed by atoms with Gasteiger partial charge in [0.2, 0.25) is 5.91 Å². The molecular weight excluding hydrogens is 250 g/mol. The average molecular weight is 281 g/mol. The van der Waals surface area contributed by atoms with E-state index in [0.29, 0.717) is 6.04 Å². The van der Waals surface area contributed by atoms with Crippen molar-refractivity contribution in [2.45, 2.75) is 70.4 Å². The Morgan fingerprint density at radius 3 is 2.50 bits per heavy atom. The quantitative estimate of drug-likeness (QED) is 0.643. The number of carbonyl (C=O) groups excluding carboxylic acids is 1. The molecule has 3 N–H and O–H groups in total. The lowest BCUT2D eigenvalue weighted by atomic mass is 9.85. The molecular formula is C16H31N3O. The number of nitrogens with one attached hydrogen (secondary N) is 1. The predicted molar refractivity (Wildman–Crippen MR) is 82.4 cm³/mol. The van der Waals surface area contributed by atoms with Crippen LogP contribution in [0, 0.1) is 5.92 Å². The van der Waals surface area contributed by atoms with E-state index in [9.17, 15) is 4.79 Å². The summed E-state index contributed by atoms with van der Waals surface area (Å²) in [6.07, 6.45) is 8.47. The Morgan fingerprint density at radius 1 is 1.35 bits per heavy atom. The normalized spacial score (nSPS) is 22.6. The summed E-state index contributed by atoms with van der Waals surface area (Å²) >= 11 is 0. The zero-order chi connectivity index (χ0) is 14.6. The summed E-state index contributed by atoms with van der Waals surface area (Å²) in [7, 11) is 0. The third-order valence-electron chi connectivity index (χ3n) is 4.98. The first-order valence-electron chi connectivity index (χ1n) is 8.33. The van der Waals surface area contributed by atoms with Crippen molar-refractivity contribution in [2.75, 3.05) is 19.6 Å². The first kappa shape index (κ1) is 15.8. The lowest BCUT2D eigenvalue weighted by Gasteiger charge is -2.33. The molecule has 1 atom stereocenters. The Kier molecular flexibility index (Phi) is 5.44. The number of amides is 1. The van der Waals surface area contributed by atoms with Crippen molar-refractivity contribution in [1.29, 1.82) is 0 Å². The molecule has 0 aromatic heterocycles. The maximum atomic E-state index is 11.7. The third kappa shape index (κ3) is 4.45. The molecule has 2 fully saturated rings. The number of hydrogen-bond donors (Lipinski definition) is 2. The molecule has 0 spiro atoms. The highest BCUT2D eigenvalue weighted by molar-refractivity contribution is 5.84. The first-order valence-corrected chi connectivity index (χ1v) is 8.33. The SMILES string of the molecule is CCN(CCCC(C)(NC1CC1)C(N)=O)CC1CCC1. The van der Waals surface area contributed by atoms with Crippen molar-refractivity contribution in [2.24, 2.45) is 11.7 Å². The van der Waals surface area contributed by atoms with Crippen molar-refractivity contribution >= 4 is 5.91 Å². The van der Waals surface area contributed by atoms with E-state index in [0.717, 1.165) is 31.8 Å². The first-order chi connectivity index (χ1) is 9.53. The minimum absolute atomic E-state index is 0.202. The van der Waals surface area contributed by atoms with Crippen molar-refractivity contribution in [3.63, 3.8) is 0 Å². The number of carbonyl (C=O) groups is 1. The van der Waals surface area contributed by atoms with Gasteiger partial charge < -0.3 is 16.0 Å². The molecule has 4 nitrogen and oxygen atoms in total. The molecule has 1 unspecified atom stereocenters. The Hall–Kier alpha value is -0.610. The van der Waals surface area contributed by atoms with Crippen LogP contribution in [-0.4, -0.2) is 42.0 Å². The van der Waals surface area contributed by atoms with Gasteiger partial charge in [-0.1, -0.05) is 13.3 Å². The van der Waals surface area contributed by atoms with Crippen molar-refractivity contribution in [3.05, 3.63) is 0 Å². The van der Waals surface area contributed by atoms with Gasteiger partial charge in [0.25, 0.3) is 0 Å². The molecule has 2 rings (SSSR count). The second-order valence-electron chi connectivity index (χ2n) is 6.91. The average Bonchev–Trinajstić information content (AvgIpc) is 3.14. The number of nitrogens with zero attached hydrogens (tertiary/aromatic N) is 1. The molecule has 0 bridgehead atoms. The highest BCUT2D eigenvalue weighted by atomic mass is 16.1. The standard InChI is InChI=1S/C16H31N3O/c1-3-19(12-13-6-4-7-13)11-5-10-16(2,15(17)20)18-14-8-9-14/h13-14,18H,3-12H2,1-2H3,(H2,17,20). The Labute approximate surface area is 123 Å². The molecule has 0 heterocycles. The van der Waals surface area contributed by atoms with Gasteiger partial charge in [-0.15, -0.1) is 0 Å². The van der Waals surface area contributed by atoms with E-state index in [-0.39, 0.29) is 5.91 Å². The van der Waals surface area contributed by atoms with E-state index in [4.69, 9.17) is 5.73 Å².